The molecule has 0 saturated heterocycles. The van der Waals surface area contributed by atoms with Gasteiger partial charge in [-0.15, -0.1) is 0 Å². The van der Waals surface area contributed by atoms with Gasteiger partial charge in [0.2, 0.25) is 11.8 Å². The average molecular weight is 504 g/mol. The van der Waals surface area contributed by atoms with E-state index >= 15 is 0 Å². The molecule has 0 spiro atoms. The number of nitrogens with zero attached hydrogens (tertiary/aromatic N) is 1. The van der Waals surface area contributed by atoms with Gasteiger partial charge in [-0.05, 0) is 70.9 Å². The lowest BCUT2D eigenvalue weighted by atomic mass is 9.86. The summed E-state index contributed by atoms with van der Waals surface area (Å²) in [4.78, 5) is 53.6. The van der Waals surface area contributed by atoms with Crippen LogP contribution in [0.25, 0.3) is 0 Å². The van der Waals surface area contributed by atoms with Gasteiger partial charge in [0.25, 0.3) is 0 Å². The van der Waals surface area contributed by atoms with Crippen LogP contribution in [0, 0.1) is 19.8 Å². The van der Waals surface area contributed by atoms with Crippen LogP contribution in [0.1, 0.15) is 76.6 Å². The lowest BCUT2D eigenvalue weighted by molar-refractivity contribution is -0.149. The maximum Gasteiger partial charge on any atom is 0.408 e. The molecule has 2 rings (SSSR count). The van der Waals surface area contributed by atoms with E-state index in [2.05, 4.69) is 15.4 Å². The largest absolute Gasteiger partial charge is 0.468 e. The Morgan fingerprint density at radius 3 is 2.22 bits per heavy atom. The second-order valence-corrected chi connectivity index (χ2v) is 10.8. The van der Waals surface area contributed by atoms with Crippen molar-refractivity contribution in [3.63, 3.8) is 0 Å². The Bertz CT molecular complexity index is 965. The van der Waals surface area contributed by atoms with Gasteiger partial charge in [0, 0.05) is 6.04 Å². The number of rotatable bonds is 9. The Hall–Kier alpha value is -3.10. The third-order valence-corrected chi connectivity index (χ3v) is 6.21. The normalized spacial score (nSPS) is 15.4. The summed E-state index contributed by atoms with van der Waals surface area (Å²) in [5, 5.41) is 5.36. The van der Waals surface area contributed by atoms with Gasteiger partial charge in [0.1, 0.15) is 24.2 Å². The maximum absolute atomic E-state index is 14.1. The van der Waals surface area contributed by atoms with Crippen LogP contribution in [-0.4, -0.2) is 60.1 Å². The predicted octanol–water partition coefficient (Wildman–Crippen LogP) is 3.56. The highest BCUT2D eigenvalue weighted by Crippen LogP contribution is 2.35. The van der Waals surface area contributed by atoms with Crippen LogP contribution in [0.4, 0.5) is 4.79 Å². The first-order chi connectivity index (χ1) is 16.7. The summed E-state index contributed by atoms with van der Waals surface area (Å²) in [5.74, 6) is -1.69. The van der Waals surface area contributed by atoms with E-state index in [4.69, 9.17) is 4.74 Å². The molecule has 36 heavy (non-hydrogen) atoms. The van der Waals surface area contributed by atoms with Crippen molar-refractivity contribution >= 4 is 23.9 Å². The van der Waals surface area contributed by atoms with E-state index in [0.29, 0.717) is 5.56 Å². The first-order valence-corrected chi connectivity index (χ1v) is 12.5. The number of alkyl carbamates (subject to hydrolysis) is 1. The number of benzene rings is 1. The fraction of sp³-hybridized carbons (Fsp3) is 0.630. The van der Waals surface area contributed by atoms with Gasteiger partial charge < -0.3 is 25.0 Å². The van der Waals surface area contributed by atoms with Crippen molar-refractivity contribution in [2.45, 2.75) is 91.5 Å². The number of ether oxygens (including phenoxy) is 2. The number of hydrogen-bond acceptors (Lipinski definition) is 6. The molecule has 1 aromatic carbocycles. The van der Waals surface area contributed by atoms with Crippen molar-refractivity contribution in [3.8, 4) is 0 Å². The zero-order chi connectivity index (χ0) is 27.2. The number of carbonyl (C=O) groups excluding carboxylic acids is 4. The topological polar surface area (TPSA) is 114 Å². The molecule has 0 aliphatic heterocycles. The number of carbonyl (C=O) groups is 4. The van der Waals surface area contributed by atoms with Crippen LogP contribution in [-0.2, 0) is 23.9 Å². The van der Waals surface area contributed by atoms with Crippen molar-refractivity contribution in [1.82, 2.24) is 15.5 Å². The monoisotopic (exact) mass is 503 g/mol. The summed E-state index contributed by atoms with van der Waals surface area (Å²) in [6.07, 6.45) is 1.73. The van der Waals surface area contributed by atoms with E-state index < -0.39 is 35.7 Å². The molecule has 1 aliphatic carbocycles. The highest BCUT2D eigenvalue weighted by atomic mass is 16.6. The predicted molar refractivity (Wildman–Crippen MR) is 136 cm³/mol. The highest BCUT2D eigenvalue weighted by Gasteiger charge is 2.43. The van der Waals surface area contributed by atoms with Crippen molar-refractivity contribution < 1.29 is 28.7 Å². The Labute approximate surface area is 214 Å². The van der Waals surface area contributed by atoms with Gasteiger partial charge in [-0.3, -0.25) is 14.4 Å². The second-order valence-electron chi connectivity index (χ2n) is 10.8. The Balaban J connectivity index is 2.51. The van der Waals surface area contributed by atoms with Crippen LogP contribution in [0.15, 0.2) is 18.2 Å². The van der Waals surface area contributed by atoms with Crippen LogP contribution < -0.4 is 10.6 Å². The quantitative estimate of drug-likeness (QED) is 0.498. The van der Waals surface area contributed by atoms with E-state index in [-0.39, 0.29) is 24.4 Å². The van der Waals surface area contributed by atoms with Crippen molar-refractivity contribution in [3.05, 3.63) is 34.9 Å². The smallest absolute Gasteiger partial charge is 0.408 e. The molecule has 200 valence electrons. The third-order valence-electron chi connectivity index (χ3n) is 6.21. The molecule has 9 nitrogen and oxygen atoms in total. The van der Waals surface area contributed by atoms with E-state index in [9.17, 15) is 19.2 Å². The fourth-order valence-electron chi connectivity index (χ4n) is 4.17. The molecule has 1 fully saturated rings. The molecule has 1 saturated carbocycles. The third kappa shape index (κ3) is 7.70. The van der Waals surface area contributed by atoms with E-state index in [1.54, 1.807) is 25.7 Å². The summed E-state index contributed by atoms with van der Waals surface area (Å²) in [7, 11) is 1.25. The summed E-state index contributed by atoms with van der Waals surface area (Å²) >= 11 is 0. The van der Waals surface area contributed by atoms with Crippen molar-refractivity contribution in [2.24, 2.45) is 5.92 Å². The molecular formula is C27H41N3O6. The van der Waals surface area contributed by atoms with Crippen molar-refractivity contribution in [2.75, 3.05) is 13.7 Å². The fourth-order valence-corrected chi connectivity index (χ4v) is 4.17. The number of methoxy groups -OCH3 is 1. The van der Waals surface area contributed by atoms with E-state index in [1.807, 2.05) is 45.9 Å². The second kappa shape index (κ2) is 12.2. The lowest BCUT2D eigenvalue weighted by Gasteiger charge is -2.44. The van der Waals surface area contributed by atoms with E-state index in [0.717, 1.165) is 30.4 Å². The molecule has 1 aliphatic rings. The van der Waals surface area contributed by atoms with Gasteiger partial charge in [-0.1, -0.05) is 37.6 Å². The molecule has 9 heteroatoms. The number of esters is 1. The van der Waals surface area contributed by atoms with Gasteiger partial charge in [0.05, 0.1) is 7.11 Å². The molecule has 2 N–H and O–H groups in total. The lowest BCUT2D eigenvalue weighted by Crippen LogP contribution is -2.59. The summed E-state index contributed by atoms with van der Waals surface area (Å²) < 4.78 is 10.1. The summed E-state index contributed by atoms with van der Waals surface area (Å²) in [5.41, 5.74) is 1.82. The summed E-state index contributed by atoms with van der Waals surface area (Å²) in [6, 6.07) is 3.65. The van der Waals surface area contributed by atoms with Gasteiger partial charge in [-0.25, -0.2) is 4.79 Å². The molecule has 0 heterocycles. The first-order valence-electron chi connectivity index (χ1n) is 12.5. The van der Waals surface area contributed by atoms with Crippen LogP contribution >= 0.6 is 0 Å². The zero-order valence-electron chi connectivity index (χ0n) is 22.8. The summed E-state index contributed by atoms with van der Waals surface area (Å²) in [6.45, 7) is 12.5. The molecule has 0 bridgehead atoms. The van der Waals surface area contributed by atoms with Crippen molar-refractivity contribution in [1.29, 1.82) is 0 Å². The first kappa shape index (κ1) is 29.1. The highest BCUT2D eigenvalue weighted by molar-refractivity contribution is 5.93. The molecular weight excluding hydrogens is 462 g/mol. The minimum Gasteiger partial charge on any atom is -0.468 e. The van der Waals surface area contributed by atoms with Gasteiger partial charge in [-0.2, -0.15) is 0 Å². The molecule has 2 atom stereocenters. The van der Waals surface area contributed by atoms with Gasteiger partial charge in [0.15, 0.2) is 0 Å². The van der Waals surface area contributed by atoms with E-state index in [1.165, 1.54) is 7.11 Å². The van der Waals surface area contributed by atoms with Gasteiger partial charge >= 0.3 is 12.1 Å². The Morgan fingerprint density at radius 1 is 1.11 bits per heavy atom. The molecule has 0 radical (unpaired) electrons. The maximum atomic E-state index is 14.1. The number of aryl methyl sites for hydroxylation is 2. The molecule has 2 unspecified atom stereocenters. The number of nitrogens with one attached hydrogen (secondary N) is 2. The SMILES string of the molecule is COC(=O)CNC(=O)C(c1ccc(C)cc1C)N(C(=O)C(NC(=O)OC(C)(C)C)C(C)C)C1CCC1. The standard InChI is InChI=1S/C27H41N3O6/c1-16(2)22(29-26(34)36-27(5,6)7)25(33)30(19-10-9-11-19)23(24(32)28-15-21(31)35-8)20-13-12-17(3)14-18(20)4/h12-14,16,19,22-23H,9-11,15H2,1-8H3,(H,28,32)(H,29,34). The molecule has 0 aromatic heterocycles. The molecule has 3 amide bonds. The Morgan fingerprint density at radius 2 is 1.75 bits per heavy atom. The van der Waals surface area contributed by atoms with Crippen LogP contribution in [0.2, 0.25) is 0 Å². The van der Waals surface area contributed by atoms with Crippen LogP contribution in [0.3, 0.4) is 0 Å². The number of amides is 3. The minimum absolute atomic E-state index is 0.172. The van der Waals surface area contributed by atoms with Crippen LogP contribution in [0.5, 0.6) is 0 Å². The minimum atomic E-state index is -0.977. The Kier molecular flexibility index (Phi) is 9.90. The number of hydrogen-bond donors (Lipinski definition) is 2. The molecule has 1 aromatic rings. The average Bonchev–Trinajstić information content (AvgIpc) is 2.73. The zero-order valence-corrected chi connectivity index (χ0v) is 22.8.